The molecule has 0 fully saturated rings. The highest BCUT2D eigenvalue weighted by atomic mass is 16.5. The number of para-hydroxylation sites is 1. The fraction of sp³-hybridized carbons (Fsp3) is 0.353. The van der Waals surface area contributed by atoms with E-state index < -0.39 is 0 Å². The monoisotopic (exact) mass is 284 g/mol. The third-order valence-corrected chi connectivity index (χ3v) is 3.85. The number of hydrogen-bond acceptors (Lipinski definition) is 4. The second kappa shape index (κ2) is 6.14. The van der Waals surface area contributed by atoms with Crippen LogP contribution >= 0.6 is 0 Å². The van der Waals surface area contributed by atoms with E-state index in [4.69, 9.17) is 9.47 Å². The largest absolute Gasteiger partial charge is 0.493 e. The lowest BCUT2D eigenvalue weighted by molar-refractivity contribution is 0.303. The van der Waals surface area contributed by atoms with E-state index in [-0.39, 0.29) is 12.0 Å². The smallest absolute Gasteiger partial charge is 0.137 e. The van der Waals surface area contributed by atoms with E-state index in [1.165, 1.54) is 5.56 Å². The van der Waals surface area contributed by atoms with Crippen molar-refractivity contribution < 1.29 is 9.47 Å². The quantitative estimate of drug-likeness (QED) is 0.917. The summed E-state index contributed by atoms with van der Waals surface area (Å²) in [6.07, 6.45) is 3.64. The Kier molecular flexibility index (Phi) is 4.06. The summed E-state index contributed by atoms with van der Waals surface area (Å²) in [6, 6.07) is 10.4. The molecule has 0 spiro atoms. The van der Waals surface area contributed by atoms with Gasteiger partial charge in [-0.1, -0.05) is 18.2 Å². The molecule has 110 valence electrons. The Morgan fingerprint density at radius 3 is 3.05 bits per heavy atom. The summed E-state index contributed by atoms with van der Waals surface area (Å²) in [4.78, 5) is 4.29. The van der Waals surface area contributed by atoms with E-state index >= 15 is 0 Å². The number of hydrogen-bond donors (Lipinski definition) is 1. The van der Waals surface area contributed by atoms with Gasteiger partial charge < -0.3 is 14.8 Å². The maximum Gasteiger partial charge on any atom is 0.137 e. The van der Waals surface area contributed by atoms with E-state index in [9.17, 15) is 0 Å². The second-order valence-electron chi connectivity index (χ2n) is 5.11. The molecular formula is C17H20N2O2. The van der Waals surface area contributed by atoms with Crippen molar-refractivity contribution >= 4 is 0 Å². The first-order chi connectivity index (χ1) is 10.3. The van der Waals surface area contributed by atoms with Crippen LogP contribution in [0, 0.1) is 0 Å². The second-order valence-corrected chi connectivity index (χ2v) is 5.11. The van der Waals surface area contributed by atoms with Crippen molar-refractivity contribution in [2.24, 2.45) is 0 Å². The minimum Gasteiger partial charge on any atom is -0.493 e. The maximum atomic E-state index is 5.80. The van der Waals surface area contributed by atoms with E-state index in [1.54, 1.807) is 6.20 Å². The molecule has 0 radical (unpaired) electrons. The number of likely N-dealkylation sites (N-methyl/N-ethyl adjacent to an activating group) is 1. The minimum absolute atomic E-state index is 0.154. The molecule has 0 saturated heterocycles. The fourth-order valence-corrected chi connectivity index (χ4v) is 2.91. The number of benzene rings is 1. The predicted octanol–water partition coefficient (Wildman–Crippen LogP) is 2.92. The number of pyridine rings is 1. The Labute approximate surface area is 125 Å². The van der Waals surface area contributed by atoms with Gasteiger partial charge in [-0.15, -0.1) is 0 Å². The van der Waals surface area contributed by atoms with Gasteiger partial charge in [-0.3, -0.25) is 4.98 Å². The number of rotatable bonds is 5. The standard InChI is InChI=1S/C17H20N2O2/c1-3-20-13-8-12(9-19-10-13)17(18-2)15-11-21-16-7-5-4-6-14(15)16/h4-10,15,17-18H,3,11H2,1-2H3. The average Bonchev–Trinajstić information content (AvgIpc) is 2.93. The van der Waals surface area contributed by atoms with Crippen molar-refractivity contribution in [2.75, 3.05) is 20.3 Å². The molecule has 4 nitrogen and oxygen atoms in total. The van der Waals surface area contributed by atoms with Crippen molar-refractivity contribution in [1.29, 1.82) is 0 Å². The summed E-state index contributed by atoms with van der Waals surface area (Å²) in [5.74, 6) is 2.07. The predicted molar refractivity (Wildman–Crippen MR) is 81.9 cm³/mol. The van der Waals surface area contributed by atoms with Gasteiger partial charge in [0.25, 0.3) is 0 Å². The molecule has 2 heterocycles. The van der Waals surface area contributed by atoms with Crippen molar-refractivity contribution in [2.45, 2.75) is 18.9 Å². The molecule has 1 aliphatic rings. The van der Waals surface area contributed by atoms with E-state index in [0.717, 1.165) is 17.1 Å². The van der Waals surface area contributed by atoms with Gasteiger partial charge in [0.15, 0.2) is 0 Å². The molecule has 2 unspecified atom stereocenters. The number of aromatic nitrogens is 1. The van der Waals surface area contributed by atoms with Gasteiger partial charge in [0.1, 0.15) is 11.5 Å². The van der Waals surface area contributed by atoms with Crippen LogP contribution in [0.3, 0.4) is 0 Å². The van der Waals surface area contributed by atoms with Crippen LogP contribution in [0.4, 0.5) is 0 Å². The average molecular weight is 284 g/mol. The Hall–Kier alpha value is -2.07. The summed E-state index contributed by atoms with van der Waals surface area (Å²) in [6.45, 7) is 3.30. The van der Waals surface area contributed by atoms with Crippen molar-refractivity contribution in [1.82, 2.24) is 10.3 Å². The van der Waals surface area contributed by atoms with Gasteiger partial charge in [0, 0.05) is 23.7 Å². The van der Waals surface area contributed by atoms with Gasteiger partial charge in [-0.2, -0.15) is 0 Å². The zero-order valence-corrected chi connectivity index (χ0v) is 12.4. The number of nitrogens with one attached hydrogen (secondary N) is 1. The molecule has 0 saturated carbocycles. The molecule has 4 heteroatoms. The molecule has 21 heavy (non-hydrogen) atoms. The van der Waals surface area contributed by atoms with Crippen LogP contribution in [0.1, 0.15) is 30.0 Å². The molecule has 1 aliphatic heterocycles. The molecular weight excluding hydrogens is 264 g/mol. The molecule has 0 amide bonds. The Morgan fingerprint density at radius 2 is 2.24 bits per heavy atom. The van der Waals surface area contributed by atoms with Crippen LogP contribution < -0.4 is 14.8 Å². The maximum absolute atomic E-state index is 5.80. The third-order valence-electron chi connectivity index (χ3n) is 3.85. The molecule has 2 atom stereocenters. The lowest BCUT2D eigenvalue weighted by Gasteiger charge is -2.23. The first-order valence-electron chi connectivity index (χ1n) is 7.30. The van der Waals surface area contributed by atoms with Crippen LogP contribution in [0.15, 0.2) is 42.7 Å². The van der Waals surface area contributed by atoms with Gasteiger partial charge in [-0.05, 0) is 31.7 Å². The first-order valence-corrected chi connectivity index (χ1v) is 7.30. The summed E-state index contributed by atoms with van der Waals surface area (Å²) in [5, 5.41) is 3.39. The van der Waals surface area contributed by atoms with E-state index in [1.807, 2.05) is 32.3 Å². The van der Waals surface area contributed by atoms with Gasteiger partial charge in [0.2, 0.25) is 0 Å². The zero-order valence-electron chi connectivity index (χ0n) is 12.4. The highest BCUT2D eigenvalue weighted by molar-refractivity contribution is 5.42. The Balaban J connectivity index is 1.91. The first kappa shape index (κ1) is 13.9. The Morgan fingerprint density at radius 1 is 1.38 bits per heavy atom. The normalized spacial score (nSPS) is 17.9. The lowest BCUT2D eigenvalue weighted by Crippen LogP contribution is -2.25. The topological polar surface area (TPSA) is 43.4 Å². The van der Waals surface area contributed by atoms with Crippen LogP contribution in [0.5, 0.6) is 11.5 Å². The van der Waals surface area contributed by atoms with Crippen molar-refractivity contribution in [3.8, 4) is 11.5 Å². The molecule has 1 aromatic heterocycles. The van der Waals surface area contributed by atoms with Crippen molar-refractivity contribution in [3.63, 3.8) is 0 Å². The van der Waals surface area contributed by atoms with Crippen LogP contribution in [-0.2, 0) is 0 Å². The molecule has 1 aromatic carbocycles. The van der Waals surface area contributed by atoms with Crippen LogP contribution in [-0.4, -0.2) is 25.2 Å². The Bertz CT molecular complexity index is 615. The lowest BCUT2D eigenvalue weighted by atomic mass is 9.89. The minimum atomic E-state index is 0.154. The SMILES string of the molecule is CCOc1cncc(C(NC)C2COc3ccccc32)c1. The summed E-state index contributed by atoms with van der Waals surface area (Å²) >= 11 is 0. The molecule has 0 bridgehead atoms. The molecule has 1 N–H and O–H groups in total. The highest BCUT2D eigenvalue weighted by Crippen LogP contribution is 2.41. The number of nitrogens with zero attached hydrogens (tertiary/aromatic N) is 1. The van der Waals surface area contributed by atoms with Gasteiger partial charge in [-0.25, -0.2) is 0 Å². The number of ether oxygens (including phenoxy) is 2. The van der Waals surface area contributed by atoms with E-state index in [2.05, 4.69) is 28.5 Å². The summed E-state index contributed by atoms with van der Waals surface area (Å²) < 4.78 is 11.4. The van der Waals surface area contributed by atoms with Crippen LogP contribution in [0.25, 0.3) is 0 Å². The molecule has 3 rings (SSSR count). The zero-order chi connectivity index (χ0) is 14.7. The van der Waals surface area contributed by atoms with Crippen molar-refractivity contribution in [3.05, 3.63) is 53.9 Å². The fourth-order valence-electron chi connectivity index (χ4n) is 2.91. The van der Waals surface area contributed by atoms with E-state index in [0.29, 0.717) is 13.2 Å². The molecule has 2 aromatic rings. The number of fused-ring (bicyclic) bond motifs is 1. The van der Waals surface area contributed by atoms with Gasteiger partial charge >= 0.3 is 0 Å². The van der Waals surface area contributed by atoms with Gasteiger partial charge in [0.05, 0.1) is 19.4 Å². The summed E-state index contributed by atoms with van der Waals surface area (Å²) in [7, 11) is 1.97. The van der Waals surface area contributed by atoms with Crippen LogP contribution in [0.2, 0.25) is 0 Å². The summed E-state index contributed by atoms with van der Waals surface area (Å²) in [5.41, 5.74) is 2.37. The third kappa shape index (κ3) is 2.72. The molecule has 0 aliphatic carbocycles. The highest BCUT2D eigenvalue weighted by Gasteiger charge is 2.31.